The maximum atomic E-state index is 13.4. The largest absolute Gasteiger partial charge is 0.339 e. The lowest BCUT2D eigenvalue weighted by Crippen LogP contribution is -2.22. The number of rotatable bonds is 7. The van der Waals surface area contributed by atoms with E-state index in [9.17, 15) is 4.79 Å². The molecule has 0 bridgehead atoms. The predicted octanol–water partition coefficient (Wildman–Crippen LogP) is 5.17. The van der Waals surface area contributed by atoms with Gasteiger partial charge in [-0.25, -0.2) is 4.98 Å². The molecule has 0 spiro atoms. The van der Waals surface area contributed by atoms with Crippen LogP contribution in [0.5, 0.6) is 0 Å². The van der Waals surface area contributed by atoms with Gasteiger partial charge in [0.25, 0.3) is 5.56 Å². The quantitative estimate of drug-likeness (QED) is 0.185. The third-order valence-electron chi connectivity index (χ3n) is 5.38. The number of thioether (sulfide) groups is 1. The SMILES string of the molecule is Cc1cc(C)cc(-n2c(SCCCc3nc(-c4ccncc4)no3)nc3ccccc3c2=O)c1. The minimum Gasteiger partial charge on any atom is -0.339 e. The lowest BCUT2D eigenvalue weighted by Gasteiger charge is -2.14. The Kier molecular flexibility index (Phi) is 6.22. The summed E-state index contributed by atoms with van der Waals surface area (Å²) in [4.78, 5) is 26.8. The van der Waals surface area contributed by atoms with Crippen molar-refractivity contribution < 1.29 is 4.52 Å². The molecular formula is C26H23N5O2S. The second-order valence-corrected chi connectivity index (χ2v) is 9.16. The lowest BCUT2D eigenvalue weighted by molar-refractivity contribution is 0.378. The maximum Gasteiger partial charge on any atom is 0.266 e. The highest BCUT2D eigenvalue weighted by molar-refractivity contribution is 7.99. The molecule has 0 aliphatic rings. The van der Waals surface area contributed by atoms with E-state index in [1.54, 1.807) is 28.7 Å². The average molecular weight is 470 g/mol. The summed E-state index contributed by atoms with van der Waals surface area (Å²) in [5.41, 5.74) is 4.56. The van der Waals surface area contributed by atoms with Gasteiger partial charge in [0.05, 0.1) is 16.6 Å². The topological polar surface area (TPSA) is 86.7 Å². The van der Waals surface area contributed by atoms with Crippen LogP contribution in [-0.2, 0) is 6.42 Å². The minimum atomic E-state index is -0.0583. The molecule has 0 saturated carbocycles. The van der Waals surface area contributed by atoms with Crippen LogP contribution in [0.3, 0.4) is 0 Å². The first kappa shape index (κ1) is 22.0. The van der Waals surface area contributed by atoms with Crippen LogP contribution >= 0.6 is 11.8 Å². The summed E-state index contributed by atoms with van der Waals surface area (Å²) >= 11 is 1.56. The molecule has 3 heterocycles. The Balaban J connectivity index is 1.37. The number of fused-ring (bicyclic) bond motifs is 1. The number of nitrogens with zero attached hydrogens (tertiary/aromatic N) is 5. The monoisotopic (exact) mass is 469 g/mol. The van der Waals surface area contributed by atoms with Crippen LogP contribution in [0, 0.1) is 13.8 Å². The van der Waals surface area contributed by atoms with Crippen LogP contribution in [0.1, 0.15) is 23.4 Å². The average Bonchev–Trinajstić information content (AvgIpc) is 3.31. The number of hydrogen-bond acceptors (Lipinski definition) is 7. The minimum absolute atomic E-state index is 0.0583. The molecule has 170 valence electrons. The smallest absolute Gasteiger partial charge is 0.266 e. The summed E-state index contributed by atoms with van der Waals surface area (Å²) < 4.78 is 7.13. The Morgan fingerprint density at radius 1 is 0.971 bits per heavy atom. The van der Waals surface area contributed by atoms with Gasteiger partial charge >= 0.3 is 0 Å². The molecule has 0 aliphatic heterocycles. The van der Waals surface area contributed by atoms with Crippen molar-refractivity contribution in [3.05, 3.63) is 94.4 Å². The Morgan fingerprint density at radius 2 is 1.74 bits per heavy atom. The van der Waals surface area contributed by atoms with Crippen LogP contribution in [0.2, 0.25) is 0 Å². The first-order valence-electron chi connectivity index (χ1n) is 11.0. The summed E-state index contributed by atoms with van der Waals surface area (Å²) in [6.07, 6.45) is 4.85. The molecule has 7 nitrogen and oxygen atoms in total. The molecule has 0 aliphatic carbocycles. The van der Waals surface area contributed by atoms with Crippen molar-refractivity contribution in [1.82, 2.24) is 24.7 Å². The van der Waals surface area contributed by atoms with Gasteiger partial charge in [-0.1, -0.05) is 35.1 Å². The highest BCUT2D eigenvalue weighted by Crippen LogP contribution is 2.24. The molecule has 2 aromatic carbocycles. The highest BCUT2D eigenvalue weighted by atomic mass is 32.2. The first-order chi connectivity index (χ1) is 16.6. The summed E-state index contributed by atoms with van der Waals surface area (Å²) in [5.74, 6) is 1.90. The molecular weight excluding hydrogens is 446 g/mol. The Bertz CT molecular complexity index is 1490. The summed E-state index contributed by atoms with van der Waals surface area (Å²) in [6.45, 7) is 4.07. The van der Waals surface area contributed by atoms with Gasteiger partial charge in [0.15, 0.2) is 5.16 Å². The number of aromatic nitrogens is 5. The van der Waals surface area contributed by atoms with Crippen LogP contribution < -0.4 is 5.56 Å². The number of pyridine rings is 1. The standard InChI is InChI=1S/C26H23N5O2S/c1-17-14-18(2)16-20(15-17)31-25(32)21-6-3-4-7-22(21)28-26(31)34-13-5-8-23-29-24(30-33-23)19-9-11-27-12-10-19/h3-4,6-7,9-12,14-16H,5,8,13H2,1-2H3. The summed E-state index contributed by atoms with van der Waals surface area (Å²) in [5, 5.41) is 5.35. The molecule has 0 atom stereocenters. The van der Waals surface area contributed by atoms with Crippen LogP contribution in [-0.4, -0.2) is 30.4 Å². The Morgan fingerprint density at radius 3 is 2.53 bits per heavy atom. The Hall–Kier alpha value is -3.78. The first-order valence-corrected chi connectivity index (χ1v) is 12.0. The zero-order valence-electron chi connectivity index (χ0n) is 18.9. The predicted molar refractivity (Wildman–Crippen MR) is 133 cm³/mol. The van der Waals surface area contributed by atoms with Gasteiger partial charge in [-0.2, -0.15) is 4.98 Å². The molecule has 5 rings (SSSR count). The third kappa shape index (κ3) is 4.63. The summed E-state index contributed by atoms with van der Waals surface area (Å²) in [6, 6.07) is 17.3. The van der Waals surface area contributed by atoms with Crippen LogP contribution in [0.25, 0.3) is 28.0 Å². The number of para-hydroxylation sites is 1. The van der Waals surface area contributed by atoms with Crippen molar-refractivity contribution in [1.29, 1.82) is 0 Å². The molecule has 3 aromatic heterocycles. The van der Waals surface area contributed by atoms with Gasteiger partial charge in [-0.15, -0.1) is 0 Å². The van der Waals surface area contributed by atoms with Gasteiger partial charge < -0.3 is 4.52 Å². The second-order valence-electron chi connectivity index (χ2n) is 8.10. The van der Waals surface area contributed by atoms with E-state index in [1.165, 1.54) is 0 Å². The number of hydrogen-bond donors (Lipinski definition) is 0. The van der Waals surface area contributed by atoms with Crippen molar-refractivity contribution in [2.45, 2.75) is 31.8 Å². The van der Waals surface area contributed by atoms with Gasteiger partial charge in [-0.3, -0.25) is 14.3 Å². The highest BCUT2D eigenvalue weighted by Gasteiger charge is 2.14. The van der Waals surface area contributed by atoms with E-state index >= 15 is 0 Å². The fourth-order valence-corrected chi connectivity index (χ4v) is 4.83. The molecule has 0 radical (unpaired) electrons. The van der Waals surface area contributed by atoms with Gasteiger partial charge in [-0.05, 0) is 67.8 Å². The maximum absolute atomic E-state index is 13.4. The van der Waals surface area contributed by atoms with Crippen LogP contribution in [0.15, 0.2) is 81.5 Å². The zero-order valence-corrected chi connectivity index (χ0v) is 19.7. The molecule has 5 aromatic rings. The molecule has 0 saturated heterocycles. The molecule has 8 heteroatoms. The fraction of sp³-hybridized carbons (Fsp3) is 0.192. The van der Waals surface area contributed by atoms with Crippen molar-refractivity contribution in [3.63, 3.8) is 0 Å². The van der Waals surface area contributed by atoms with E-state index in [4.69, 9.17) is 9.51 Å². The van der Waals surface area contributed by atoms with Crippen LogP contribution in [0.4, 0.5) is 0 Å². The zero-order chi connectivity index (χ0) is 23.5. The lowest BCUT2D eigenvalue weighted by atomic mass is 10.1. The normalized spacial score (nSPS) is 11.2. The summed E-state index contributed by atoms with van der Waals surface area (Å²) in [7, 11) is 0. The van der Waals surface area contributed by atoms with Crippen molar-refractivity contribution in [2.24, 2.45) is 0 Å². The van der Waals surface area contributed by atoms with Crippen molar-refractivity contribution in [2.75, 3.05) is 5.75 Å². The number of aryl methyl sites for hydroxylation is 3. The van der Waals surface area contributed by atoms with E-state index in [1.807, 2.05) is 62.4 Å². The van der Waals surface area contributed by atoms with Gasteiger partial charge in [0.2, 0.25) is 11.7 Å². The van der Waals surface area contributed by atoms with Gasteiger partial charge in [0, 0.05) is 30.1 Å². The van der Waals surface area contributed by atoms with E-state index < -0.39 is 0 Å². The van der Waals surface area contributed by atoms with E-state index in [-0.39, 0.29) is 5.56 Å². The van der Waals surface area contributed by atoms with E-state index in [0.717, 1.165) is 34.6 Å². The molecule has 0 fully saturated rings. The van der Waals surface area contributed by atoms with E-state index in [2.05, 4.69) is 21.2 Å². The number of benzene rings is 2. The van der Waals surface area contributed by atoms with E-state index in [0.29, 0.717) is 34.2 Å². The fourth-order valence-electron chi connectivity index (χ4n) is 3.88. The Labute approximate surface area is 200 Å². The molecule has 0 unspecified atom stereocenters. The third-order valence-corrected chi connectivity index (χ3v) is 6.41. The molecule has 0 N–H and O–H groups in total. The second kappa shape index (κ2) is 9.61. The van der Waals surface area contributed by atoms with Crippen molar-refractivity contribution in [3.8, 4) is 17.1 Å². The molecule has 0 amide bonds. The van der Waals surface area contributed by atoms with Crippen molar-refractivity contribution >= 4 is 22.7 Å². The van der Waals surface area contributed by atoms with Gasteiger partial charge in [0.1, 0.15) is 0 Å². The molecule has 34 heavy (non-hydrogen) atoms.